The first kappa shape index (κ1) is 16.9. The number of amides is 2. The van der Waals surface area contributed by atoms with Crippen LogP contribution in [0.4, 0.5) is 0 Å². The van der Waals surface area contributed by atoms with E-state index in [-0.39, 0.29) is 17.9 Å². The van der Waals surface area contributed by atoms with Crippen molar-refractivity contribution < 1.29 is 14.3 Å². The lowest BCUT2D eigenvalue weighted by Crippen LogP contribution is -2.49. The molecule has 5 heteroatoms. The monoisotopic (exact) mass is 314 g/mol. The largest absolute Gasteiger partial charge is 0.497 e. The van der Waals surface area contributed by atoms with Crippen molar-refractivity contribution in [3.63, 3.8) is 0 Å². The number of carbonyl (C=O) groups excluding carboxylic acids is 2. The van der Waals surface area contributed by atoms with Crippen molar-refractivity contribution in [3.05, 3.63) is 29.3 Å². The van der Waals surface area contributed by atoms with Crippen molar-refractivity contribution in [1.82, 2.24) is 10.2 Å². The minimum Gasteiger partial charge on any atom is -0.497 e. The number of rotatable bonds is 3. The molecule has 1 aliphatic rings. The van der Waals surface area contributed by atoms with Crippen LogP contribution in [0.5, 0.6) is 5.75 Å². The quantitative estimate of drug-likeness (QED) is 0.865. The first-order chi connectivity index (χ1) is 11.0. The molecule has 0 aromatic heterocycles. The third-order valence-corrected chi connectivity index (χ3v) is 3.95. The van der Waals surface area contributed by atoms with E-state index in [1.807, 2.05) is 13.0 Å². The lowest BCUT2D eigenvalue weighted by Gasteiger charge is -2.33. The van der Waals surface area contributed by atoms with Gasteiger partial charge in [0.1, 0.15) is 5.75 Å². The molecule has 0 aliphatic carbocycles. The molecule has 0 radical (unpaired) electrons. The Morgan fingerprint density at radius 3 is 2.83 bits per heavy atom. The summed E-state index contributed by atoms with van der Waals surface area (Å²) >= 11 is 0. The fourth-order valence-electron chi connectivity index (χ4n) is 2.79. The summed E-state index contributed by atoms with van der Waals surface area (Å²) in [7, 11) is 1.60. The van der Waals surface area contributed by atoms with Crippen LogP contribution in [0.1, 0.15) is 35.7 Å². The minimum absolute atomic E-state index is 0.00863. The number of likely N-dealkylation sites (tertiary alicyclic amines) is 1. The van der Waals surface area contributed by atoms with E-state index < -0.39 is 0 Å². The fraction of sp³-hybridized carbons (Fsp3) is 0.444. The molecule has 0 bridgehead atoms. The lowest BCUT2D eigenvalue weighted by atomic mass is 10.0. The van der Waals surface area contributed by atoms with Crippen LogP contribution in [-0.4, -0.2) is 43.0 Å². The highest BCUT2D eigenvalue weighted by Crippen LogP contribution is 2.20. The average Bonchev–Trinajstić information content (AvgIpc) is 2.54. The van der Waals surface area contributed by atoms with Gasteiger partial charge in [-0.15, -0.1) is 0 Å². The number of carbonyl (C=O) groups is 2. The van der Waals surface area contributed by atoms with Gasteiger partial charge in [0.15, 0.2) is 0 Å². The number of methoxy groups -OCH3 is 1. The summed E-state index contributed by atoms with van der Waals surface area (Å²) in [6.07, 6.45) is 1.73. The van der Waals surface area contributed by atoms with Crippen molar-refractivity contribution in [2.24, 2.45) is 0 Å². The smallest absolute Gasteiger partial charge is 0.296 e. The number of nitrogens with zero attached hydrogens (tertiary/aromatic N) is 1. The van der Waals surface area contributed by atoms with Gasteiger partial charge in [-0.3, -0.25) is 9.59 Å². The molecule has 1 aromatic rings. The van der Waals surface area contributed by atoms with Crippen LogP contribution in [0.3, 0.4) is 0 Å². The lowest BCUT2D eigenvalue weighted by molar-refractivity contribution is -0.116. The van der Waals surface area contributed by atoms with E-state index in [2.05, 4.69) is 17.2 Å². The zero-order chi connectivity index (χ0) is 16.8. The topological polar surface area (TPSA) is 58.6 Å². The molecule has 1 heterocycles. The van der Waals surface area contributed by atoms with E-state index in [4.69, 9.17) is 4.74 Å². The molecule has 23 heavy (non-hydrogen) atoms. The molecule has 5 nitrogen and oxygen atoms in total. The number of benzene rings is 1. The molecule has 1 atom stereocenters. The third-order valence-electron chi connectivity index (χ3n) is 3.95. The summed E-state index contributed by atoms with van der Waals surface area (Å²) in [5, 5.41) is 2.86. The fourth-order valence-corrected chi connectivity index (χ4v) is 2.79. The third kappa shape index (κ3) is 4.26. The number of aryl methyl sites for hydroxylation is 1. The molecule has 1 N–H and O–H groups in total. The van der Waals surface area contributed by atoms with Crippen LogP contribution in [0.25, 0.3) is 0 Å². The van der Waals surface area contributed by atoms with Crippen molar-refractivity contribution in [3.8, 4) is 17.6 Å². The minimum atomic E-state index is -0.285. The summed E-state index contributed by atoms with van der Waals surface area (Å²) in [6.45, 7) is 4.75. The SMILES string of the molecule is CC#CC(=O)NC1CCCN(C(=O)c2ccc(OC)cc2C)C1. The van der Waals surface area contributed by atoms with Crippen LogP contribution in [0, 0.1) is 18.8 Å². The number of hydrogen-bond acceptors (Lipinski definition) is 3. The maximum Gasteiger partial charge on any atom is 0.296 e. The summed E-state index contributed by atoms with van der Waals surface area (Å²) in [5.74, 6) is 5.50. The van der Waals surface area contributed by atoms with E-state index in [9.17, 15) is 9.59 Å². The summed E-state index contributed by atoms with van der Waals surface area (Å²) in [6, 6.07) is 5.40. The van der Waals surface area contributed by atoms with Gasteiger partial charge in [-0.05, 0) is 56.4 Å². The molecule has 1 aliphatic heterocycles. The van der Waals surface area contributed by atoms with Crippen LogP contribution in [-0.2, 0) is 4.79 Å². The molecular formula is C18H22N2O3. The molecule has 2 rings (SSSR count). The van der Waals surface area contributed by atoms with Gasteiger partial charge in [0.2, 0.25) is 0 Å². The zero-order valence-electron chi connectivity index (χ0n) is 13.8. The van der Waals surface area contributed by atoms with Crippen LogP contribution >= 0.6 is 0 Å². The second kappa shape index (κ2) is 7.68. The Bertz CT molecular complexity index is 658. The second-order valence-corrected chi connectivity index (χ2v) is 5.62. The summed E-state index contributed by atoms with van der Waals surface area (Å²) in [5.41, 5.74) is 1.56. The van der Waals surface area contributed by atoms with E-state index >= 15 is 0 Å². The molecule has 122 valence electrons. The molecule has 0 spiro atoms. The molecular weight excluding hydrogens is 292 g/mol. The van der Waals surface area contributed by atoms with Crippen molar-refractivity contribution in [1.29, 1.82) is 0 Å². The Balaban J connectivity index is 2.06. The first-order valence-electron chi connectivity index (χ1n) is 7.72. The van der Waals surface area contributed by atoms with Gasteiger partial charge >= 0.3 is 0 Å². The molecule has 0 saturated carbocycles. The van der Waals surface area contributed by atoms with Gasteiger partial charge in [0, 0.05) is 24.7 Å². The molecule has 1 unspecified atom stereocenters. The molecule has 1 fully saturated rings. The Kier molecular flexibility index (Phi) is 5.64. The second-order valence-electron chi connectivity index (χ2n) is 5.62. The van der Waals surface area contributed by atoms with Crippen LogP contribution in [0.2, 0.25) is 0 Å². The van der Waals surface area contributed by atoms with Gasteiger partial charge < -0.3 is 15.0 Å². The summed E-state index contributed by atoms with van der Waals surface area (Å²) in [4.78, 5) is 26.1. The Morgan fingerprint density at radius 1 is 1.39 bits per heavy atom. The highest BCUT2D eigenvalue weighted by molar-refractivity contribution is 5.96. The number of nitrogens with one attached hydrogen (secondary N) is 1. The predicted molar refractivity (Wildman–Crippen MR) is 88.2 cm³/mol. The van der Waals surface area contributed by atoms with Gasteiger partial charge in [0.05, 0.1) is 7.11 Å². The van der Waals surface area contributed by atoms with Gasteiger partial charge in [-0.1, -0.05) is 5.92 Å². The van der Waals surface area contributed by atoms with Crippen molar-refractivity contribution >= 4 is 11.8 Å². The Morgan fingerprint density at radius 2 is 2.17 bits per heavy atom. The van der Waals surface area contributed by atoms with Gasteiger partial charge in [-0.25, -0.2) is 0 Å². The Labute approximate surface area is 137 Å². The number of ether oxygens (including phenoxy) is 1. The average molecular weight is 314 g/mol. The van der Waals surface area contributed by atoms with E-state index in [0.717, 1.165) is 24.2 Å². The highest BCUT2D eigenvalue weighted by atomic mass is 16.5. The van der Waals surface area contributed by atoms with E-state index in [1.165, 1.54) is 0 Å². The first-order valence-corrected chi connectivity index (χ1v) is 7.72. The standard InChI is InChI=1S/C18H22N2O3/c1-4-6-17(21)19-14-7-5-10-20(12-14)18(22)16-9-8-15(23-3)11-13(16)2/h8-9,11,14H,5,7,10,12H2,1-3H3,(H,19,21). The molecule has 1 aromatic carbocycles. The normalized spacial score (nSPS) is 17.0. The Hall–Kier alpha value is -2.48. The predicted octanol–water partition coefficient (Wildman–Crippen LogP) is 1.75. The van der Waals surface area contributed by atoms with Crippen molar-refractivity contribution in [2.45, 2.75) is 32.7 Å². The van der Waals surface area contributed by atoms with Gasteiger partial charge in [-0.2, -0.15) is 0 Å². The van der Waals surface area contributed by atoms with E-state index in [1.54, 1.807) is 31.1 Å². The molecule has 2 amide bonds. The number of piperidine rings is 1. The zero-order valence-corrected chi connectivity index (χ0v) is 13.8. The van der Waals surface area contributed by atoms with E-state index in [0.29, 0.717) is 18.7 Å². The highest BCUT2D eigenvalue weighted by Gasteiger charge is 2.26. The maximum atomic E-state index is 12.7. The van der Waals surface area contributed by atoms with Gasteiger partial charge in [0.25, 0.3) is 11.8 Å². The van der Waals surface area contributed by atoms with Crippen molar-refractivity contribution in [2.75, 3.05) is 20.2 Å². The van der Waals surface area contributed by atoms with Crippen LogP contribution < -0.4 is 10.1 Å². The molecule has 1 saturated heterocycles. The maximum absolute atomic E-state index is 12.7. The summed E-state index contributed by atoms with van der Waals surface area (Å²) < 4.78 is 5.17. The van der Waals surface area contributed by atoms with Crippen LogP contribution in [0.15, 0.2) is 18.2 Å². The number of hydrogen-bond donors (Lipinski definition) is 1.